The van der Waals surface area contributed by atoms with Crippen molar-refractivity contribution in [2.75, 3.05) is 56.1 Å². The molecular weight excluding hydrogens is 318 g/mol. The normalized spacial score (nSPS) is 30.6. The minimum atomic E-state index is 0.212. The van der Waals surface area contributed by atoms with Crippen LogP contribution in [0.1, 0.15) is 20.8 Å². The van der Waals surface area contributed by atoms with Gasteiger partial charge in [-0.25, -0.2) is 4.98 Å². The Morgan fingerprint density at radius 2 is 1.92 bits per heavy atom. The number of anilines is 2. The van der Waals surface area contributed by atoms with Gasteiger partial charge >= 0.3 is 0 Å². The van der Waals surface area contributed by atoms with Crippen LogP contribution in [-0.4, -0.2) is 78.1 Å². The monoisotopic (exact) mass is 349 g/mol. The average Bonchev–Trinajstić information content (AvgIpc) is 2.97. The van der Waals surface area contributed by atoms with Crippen LogP contribution in [0.25, 0.3) is 0 Å². The number of aliphatic hydroxyl groups is 1. The van der Waals surface area contributed by atoms with E-state index < -0.39 is 0 Å². The Kier molecular flexibility index (Phi) is 6.09. The van der Waals surface area contributed by atoms with E-state index in [9.17, 15) is 5.11 Å². The van der Waals surface area contributed by atoms with Gasteiger partial charge in [0.25, 0.3) is 0 Å². The predicted molar refractivity (Wildman–Crippen MR) is 98.9 cm³/mol. The summed E-state index contributed by atoms with van der Waals surface area (Å²) < 4.78 is 5.83. The maximum Gasteiger partial charge on any atom is 0.227 e. The topological polar surface area (TPSA) is 73.8 Å². The fourth-order valence-electron chi connectivity index (χ4n) is 4.06. The maximum atomic E-state index is 9.85. The highest BCUT2D eigenvalue weighted by atomic mass is 16.5. The van der Waals surface area contributed by atoms with Crippen molar-refractivity contribution in [2.45, 2.75) is 33.0 Å². The molecule has 25 heavy (non-hydrogen) atoms. The van der Waals surface area contributed by atoms with Gasteiger partial charge in [0, 0.05) is 58.0 Å². The predicted octanol–water partition coefficient (Wildman–Crippen LogP) is 1.06. The van der Waals surface area contributed by atoms with Gasteiger partial charge < -0.3 is 20.1 Å². The summed E-state index contributed by atoms with van der Waals surface area (Å²) in [7, 11) is 0. The van der Waals surface area contributed by atoms with Crippen LogP contribution in [0.15, 0.2) is 12.3 Å². The number of morpholine rings is 1. The summed E-state index contributed by atoms with van der Waals surface area (Å²) in [6.07, 6.45) is 2.34. The zero-order valence-electron chi connectivity index (χ0n) is 15.6. The molecule has 3 rings (SSSR count). The number of nitrogens with one attached hydrogen (secondary N) is 1. The van der Waals surface area contributed by atoms with Crippen LogP contribution >= 0.6 is 0 Å². The molecule has 0 aromatic carbocycles. The average molecular weight is 349 g/mol. The Balaban J connectivity index is 1.65. The molecule has 0 aliphatic carbocycles. The van der Waals surface area contributed by atoms with Crippen molar-refractivity contribution < 1.29 is 9.84 Å². The van der Waals surface area contributed by atoms with Crippen molar-refractivity contribution in [1.82, 2.24) is 14.9 Å². The Hall–Kier alpha value is -1.44. The number of hydrogen-bond donors (Lipinski definition) is 2. The Morgan fingerprint density at radius 3 is 2.60 bits per heavy atom. The third-order valence-corrected chi connectivity index (χ3v) is 5.08. The first-order chi connectivity index (χ1) is 12.1. The molecule has 140 valence electrons. The van der Waals surface area contributed by atoms with Crippen molar-refractivity contribution in [3.8, 4) is 0 Å². The van der Waals surface area contributed by atoms with E-state index in [1.807, 2.05) is 6.07 Å². The van der Waals surface area contributed by atoms with Crippen LogP contribution in [0.2, 0.25) is 0 Å². The highest BCUT2D eigenvalue weighted by Crippen LogP contribution is 2.28. The first-order valence-corrected chi connectivity index (χ1v) is 9.39. The molecule has 2 aliphatic rings. The lowest BCUT2D eigenvalue weighted by atomic mass is 9.96. The second kappa shape index (κ2) is 8.29. The second-order valence-corrected chi connectivity index (χ2v) is 7.36. The number of ether oxygens (including phenoxy) is 1. The lowest BCUT2D eigenvalue weighted by molar-refractivity contribution is -0.0725. The minimum Gasteiger partial charge on any atom is -0.396 e. The summed E-state index contributed by atoms with van der Waals surface area (Å²) >= 11 is 0. The van der Waals surface area contributed by atoms with Crippen molar-refractivity contribution in [3.63, 3.8) is 0 Å². The molecule has 1 aromatic heterocycles. The molecule has 0 bridgehead atoms. The van der Waals surface area contributed by atoms with E-state index in [1.54, 1.807) is 6.20 Å². The number of hydrogen-bond acceptors (Lipinski definition) is 7. The SMILES string of the molecule is CCNc1ccnc(N2C[C@@H](CN3C[C@@H](C)O[C@@H](C)C3)[C@@H](CO)C2)n1. The zero-order valence-corrected chi connectivity index (χ0v) is 15.6. The molecule has 2 fully saturated rings. The van der Waals surface area contributed by atoms with E-state index in [0.717, 1.165) is 51.0 Å². The standard InChI is InChI=1S/C18H31N5O2/c1-4-19-17-5-6-20-18(21-17)23-10-15(16(11-23)12-24)9-22-7-13(2)25-14(3)8-22/h5-6,13-16,24H,4,7-12H2,1-3H3,(H,19,20,21)/t13-,14+,15-,16-/m1/s1. The van der Waals surface area contributed by atoms with E-state index in [0.29, 0.717) is 5.92 Å². The number of rotatable bonds is 6. The van der Waals surface area contributed by atoms with Crippen LogP contribution in [-0.2, 0) is 4.74 Å². The van der Waals surface area contributed by atoms with Gasteiger partial charge in [0.1, 0.15) is 5.82 Å². The van der Waals surface area contributed by atoms with Gasteiger partial charge in [0.15, 0.2) is 0 Å². The van der Waals surface area contributed by atoms with E-state index in [2.05, 4.69) is 45.9 Å². The molecule has 2 aliphatic heterocycles. The summed E-state index contributed by atoms with van der Waals surface area (Å²) in [5, 5.41) is 13.1. The van der Waals surface area contributed by atoms with Gasteiger partial charge in [-0.3, -0.25) is 4.90 Å². The first-order valence-electron chi connectivity index (χ1n) is 9.39. The molecule has 0 amide bonds. The molecule has 4 atom stereocenters. The molecule has 1 aromatic rings. The lowest BCUT2D eigenvalue weighted by Crippen LogP contribution is -2.48. The highest BCUT2D eigenvalue weighted by Gasteiger charge is 2.36. The quantitative estimate of drug-likeness (QED) is 0.795. The van der Waals surface area contributed by atoms with Crippen LogP contribution in [0.5, 0.6) is 0 Å². The summed E-state index contributed by atoms with van der Waals surface area (Å²) in [5.41, 5.74) is 0. The van der Waals surface area contributed by atoms with E-state index >= 15 is 0 Å². The van der Waals surface area contributed by atoms with Crippen molar-refractivity contribution >= 4 is 11.8 Å². The summed E-state index contributed by atoms with van der Waals surface area (Å²) in [4.78, 5) is 13.7. The Bertz CT molecular complexity index is 548. The third-order valence-electron chi connectivity index (χ3n) is 5.08. The fraction of sp³-hybridized carbons (Fsp3) is 0.778. The molecule has 2 N–H and O–H groups in total. The molecule has 0 spiro atoms. The summed E-state index contributed by atoms with van der Waals surface area (Å²) in [6, 6.07) is 1.89. The van der Waals surface area contributed by atoms with Gasteiger partial charge in [-0.15, -0.1) is 0 Å². The molecule has 0 saturated carbocycles. The molecular formula is C18H31N5O2. The van der Waals surface area contributed by atoms with Crippen molar-refractivity contribution in [3.05, 3.63) is 12.3 Å². The van der Waals surface area contributed by atoms with Crippen molar-refractivity contribution in [1.29, 1.82) is 0 Å². The number of aliphatic hydroxyl groups excluding tert-OH is 1. The largest absolute Gasteiger partial charge is 0.396 e. The number of nitrogens with zero attached hydrogens (tertiary/aromatic N) is 4. The van der Waals surface area contributed by atoms with E-state index in [-0.39, 0.29) is 24.7 Å². The third kappa shape index (κ3) is 4.59. The summed E-state index contributed by atoms with van der Waals surface area (Å²) in [5.74, 6) is 2.30. The van der Waals surface area contributed by atoms with Crippen LogP contribution in [0, 0.1) is 11.8 Å². The molecule has 0 radical (unpaired) electrons. The van der Waals surface area contributed by atoms with Crippen molar-refractivity contribution in [2.24, 2.45) is 11.8 Å². The highest BCUT2D eigenvalue weighted by molar-refractivity contribution is 5.42. The molecule has 3 heterocycles. The van der Waals surface area contributed by atoms with Gasteiger partial charge in [0.2, 0.25) is 5.95 Å². The minimum absolute atomic E-state index is 0.212. The van der Waals surface area contributed by atoms with Gasteiger partial charge in [-0.05, 0) is 32.8 Å². The molecule has 7 heteroatoms. The molecule has 2 saturated heterocycles. The Labute approximate surface area is 150 Å². The van der Waals surface area contributed by atoms with Gasteiger partial charge in [-0.2, -0.15) is 4.98 Å². The maximum absolute atomic E-state index is 9.85. The second-order valence-electron chi connectivity index (χ2n) is 7.36. The molecule has 0 unspecified atom stereocenters. The zero-order chi connectivity index (χ0) is 17.8. The summed E-state index contributed by atoms with van der Waals surface area (Å²) in [6.45, 7) is 12.0. The Morgan fingerprint density at radius 1 is 1.20 bits per heavy atom. The lowest BCUT2D eigenvalue weighted by Gasteiger charge is -2.37. The van der Waals surface area contributed by atoms with E-state index in [4.69, 9.17) is 4.74 Å². The van der Waals surface area contributed by atoms with E-state index in [1.165, 1.54) is 0 Å². The van der Waals surface area contributed by atoms with Gasteiger partial charge in [0.05, 0.1) is 12.2 Å². The van der Waals surface area contributed by atoms with Crippen LogP contribution in [0.4, 0.5) is 11.8 Å². The smallest absolute Gasteiger partial charge is 0.227 e. The first kappa shape index (κ1) is 18.4. The number of aromatic nitrogens is 2. The van der Waals surface area contributed by atoms with Gasteiger partial charge in [-0.1, -0.05) is 0 Å². The molecule has 7 nitrogen and oxygen atoms in total. The fourth-order valence-corrected chi connectivity index (χ4v) is 4.06. The van der Waals surface area contributed by atoms with Crippen LogP contribution < -0.4 is 10.2 Å². The van der Waals surface area contributed by atoms with Crippen LogP contribution in [0.3, 0.4) is 0 Å².